The number of hydrogen-bond donors (Lipinski definition) is 2. The van der Waals surface area contributed by atoms with Crippen molar-refractivity contribution in [3.8, 4) is 11.3 Å². The molecule has 3 N–H and O–H groups in total. The molecule has 2 aromatic carbocycles. The quantitative estimate of drug-likeness (QED) is 0.440. The van der Waals surface area contributed by atoms with Gasteiger partial charge in [0.15, 0.2) is 0 Å². The number of pyridine rings is 1. The minimum atomic E-state index is -0.185. The molecule has 2 unspecified atom stereocenters. The fourth-order valence-corrected chi connectivity index (χ4v) is 5.94. The number of allylic oxidation sites excluding steroid dienone is 2. The molecule has 2 fully saturated rings. The molecule has 1 saturated heterocycles. The highest BCUT2D eigenvalue weighted by Gasteiger charge is 2.49. The normalized spacial score (nSPS) is 29.5. The van der Waals surface area contributed by atoms with E-state index in [1.165, 1.54) is 0 Å². The lowest BCUT2D eigenvalue weighted by molar-refractivity contribution is -0.750. The number of aliphatic imine (C=N–C) groups is 2. The molecule has 36 heavy (non-hydrogen) atoms. The van der Waals surface area contributed by atoms with Gasteiger partial charge in [0.25, 0.3) is 5.84 Å². The third-order valence-electron chi connectivity index (χ3n) is 8.05. The molecule has 180 valence electrons. The first-order chi connectivity index (χ1) is 17.6. The van der Waals surface area contributed by atoms with Crippen LogP contribution < -0.4 is 5.84 Å². The zero-order valence-electron chi connectivity index (χ0n) is 20.0. The maximum atomic E-state index is 9.93. The van der Waals surface area contributed by atoms with Crippen molar-refractivity contribution in [1.82, 2.24) is 9.88 Å². The predicted octanol–water partition coefficient (Wildman–Crippen LogP) is 3.96. The van der Waals surface area contributed by atoms with Crippen LogP contribution in [0.1, 0.15) is 24.8 Å². The number of benzene rings is 2. The molecule has 3 aromatic rings. The number of rotatable bonds is 4. The van der Waals surface area contributed by atoms with Gasteiger partial charge in [-0.25, -0.2) is 4.98 Å². The van der Waals surface area contributed by atoms with E-state index in [4.69, 9.17) is 15.8 Å². The van der Waals surface area contributed by atoms with E-state index >= 15 is 0 Å². The van der Waals surface area contributed by atoms with Crippen LogP contribution in [0.25, 0.3) is 22.2 Å². The van der Waals surface area contributed by atoms with Gasteiger partial charge < -0.3 is 5.11 Å². The Kier molecular flexibility index (Phi) is 5.01. The number of aromatic nitrogens is 1. The number of nitrogens with zero attached hydrogens (tertiary/aromatic N) is 5. The third-order valence-corrected chi connectivity index (χ3v) is 8.05. The Bertz CT molecular complexity index is 1470. The van der Waals surface area contributed by atoms with Gasteiger partial charge in [0.1, 0.15) is 11.9 Å². The second-order valence-corrected chi connectivity index (χ2v) is 10.3. The Labute approximate surface area is 210 Å². The van der Waals surface area contributed by atoms with Crippen LogP contribution in [0.3, 0.4) is 0 Å². The van der Waals surface area contributed by atoms with Gasteiger partial charge in [0, 0.05) is 36.0 Å². The van der Waals surface area contributed by atoms with Crippen LogP contribution in [0.5, 0.6) is 0 Å². The molecule has 3 aliphatic heterocycles. The number of aliphatic hydroxyl groups excluding tert-OH is 1. The predicted molar refractivity (Wildman–Crippen MR) is 142 cm³/mol. The Balaban J connectivity index is 1.22. The third kappa shape index (κ3) is 3.47. The van der Waals surface area contributed by atoms with Crippen LogP contribution in [-0.4, -0.2) is 56.9 Å². The molecule has 0 radical (unpaired) electrons. The maximum absolute atomic E-state index is 9.93. The standard InChI is InChI=1S/C29H29N6O/c30-35-13-11-31-17-27(35)28(22-14-23(15-22)34-12-10-24(36)18-34)33-29(35)21-7-6-20-8-9-25(32-26(20)16-21)19-4-2-1-3-5-19/h1-9,11,13,16-17,22-24,36H,10,12,14-15,18,30H2/q+1. The molecular formula is C29H29N6O+. The van der Waals surface area contributed by atoms with Crippen LogP contribution in [-0.2, 0) is 0 Å². The van der Waals surface area contributed by atoms with E-state index in [1.54, 1.807) is 6.20 Å². The van der Waals surface area contributed by atoms with Crippen molar-refractivity contribution in [3.05, 3.63) is 90.0 Å². The molecule has 4 heterocycles. The first kappa shape index (κ1) is 21.8. The number of aliphatic hydroxyl groups is 1. The van der Waals surface area contributed by atoms with Crippen LogP contribution in [0.2, 0.25) is 0 Å². The van der Waals surface area contributed by atoms with Gasteiger partial charge in [-0.15, -0.1) is 4.59 Å². The average molecular weight is 478 g/mol. The Morgan fingerprint density at radius 3 is 2.64 bits per heavy atom. The molecule has 7 nitrogen and oxygen atoms in total. The molecule has 0 spiro atoms. The number of fused-ring (bicyclic) bond motifs is 2. The molecule has 1 aromatic heterocycles. The van der Waals surface area contributed by atoms with Crippen molar-refractivity contribution in [2.75, 3.05) is 13.1 Å². The molecule has 0 bridgehead atoms. The second kappa shape index (κ2) is 8.28. The van der Waals surface area contributed by atoms with Gasteiger partial charge in [-0.1, -0.05) is 42.5 Å². The van der Waals surface area contributed by atoms with Gasteiger partial charge in [-0.3, -0.25) is 9.89 Å². The van der Waals surface area contributed by atoms with Gasteiger partial charge in [0.05, 0.1) is 35.3 Å². The highest BCUT2D eigenvalue weighted by molar-refractivity contribution is 6.02. The molecule has 2 atom stereocenters. The summed E-state index contributed by atoms with van der Waals surface area (Å²) < 4.78 is 0.0340. The first-order valence-electron chi connectivity index (χ1n) is 12.7. The van der Waals surface area contributed by atoms with E-state index in [1.807, 2.05) is 30.6 Å². The van der Waals surface area contributed by atoms with Gasteiger partial charge >= 0.3 is 0 Å². The summed E-state index contributed by atoms with van der Waals surface area (Å²) in [5.74, 6) is 8.15. The smallest absolute Gasteiger partial charge is 0.264 e. The summed E-state index contributed by atoms with van der Waals surface area (Å²) in [6.07, 6.45) is 8.30. The number of nitrogens with two attached hydrogens (primary N) is 1. The topological polar surface area (TPSA) is 87.1 Å². The highest BCUT2D eigenvalue weighted by Crippen LogP contribution is 2.44. The Morgan fingerprint density at radius 2 is 1.83 bits per heavy atom. The average Bonchev–Trinajstić information content (AvgIpc) is 3.44. The van der Waals surface area contributed by atoms with Crippen molar-refractivity contribution in [1.29, 1.82) is 0 Å². The molecule has 1 aliphatic carbocycles. The minimum absolute atomic E-state index is 0.0340. The van der Waals surface area contributed by atoms with Crippen LogP contribution in [0, 0.1) is 5.92 Å². The molecule has 4 aliphatic rings. The van der Waals surface area contributed by atoms with Crippen molar-refractivity contribution < 1.29 is 9.70 Å². The fourth-order valence-electron chi connectivity index (χ4n) is 5.94. The van der Waals surface area contributed by atoms with Crippen LogP contribution in [0.15, 0.2) is 94.4 Å². The summed E-state index contributed by atoms with van der Waals surface area (Å²) in [7, 11) is 0. The van der Waals surface area contributed by atoms with E-state index in [0.29, 0.717) is 12.0 Å². The highest BCUT2D eigenvalue weighted by atomic mass is 16.3. The number of hydrogen-bond acceptors (Lipinski definition) is 6. The monoisotopic (exact) mass is 477 g/mol. The van der Waals surface area contributed by atoms with E-state index < -0.39 is 0 Å². The van der Waals surface area contributed by atoms with E-state index in [0.717, 1.165) is 77.3 Å². The maximum Gasteiger partial charge on any atom is 0.264 e. The van der Waals surface area contributed by atoms with Gasteiger partial charge in [-0.05, 0) is 37.5 Å². The summed E-state index contributed by atoms with van der Waals surface area (Å²) >= 11 is 0. The van der Waals surface area contributed by atoms with Crippen molar-refractivity contribution >= 4 is 23.0 Å². The SMILES string of the molecule is N[N+]12C=CN=CC1=C(C1CC(N3CCC(O)C3)C1)N=C2c1ccc2ccc(-c3ccccc3)nc2c1. The lowest BCUT2D eigenvalue weighted by Crippen LogP contribution is -2.53. The van der Waals surface area contributed by atoms with Crippen LogP contribution >= 0.6 is 0 Å². The molecule has 7 heteroatoms. The summed E-state index contributed by atoms with van der Waals surface area (Å²) in [5, 5.41) is 11.0. The van der Waals surface area contributed by atoms with Crippen molar-refractivity contribution in [3.63, 3.8) is 0 Å². The fraction of sp³-hybridized carbons (Fsp3) is 0.276. The first-order valence-corrected chi connectivity index (χ1v) is 12.7. The second-order valence-electron chi connectivity index (χ2n) is 10.3. The van der Waals surface area contributed by atoms with Crippen molar-refractivity contribution in [2.45, 2.75) is 31.4 Å². The van der Waals surface area contributed by atoms with Crippen LogP contribution in [0.4, 0.5) is 0 Å². The molecule has 0 amide bonds. The Hall–Kier alpha value is -3.49. The van der Waals surface area contributed by atoms with E-state index in [-0.39, 0.29) is 10.7 Å². The molecular weight excluding hydrogens is 448 g/mol. The number of likely N-dealkylation sites (tertiary alicyclic amines) is 1. The summed E-state index contributed by atoms with van der Waals surface area (Å²) in [6, 6.07) is 21.2. The summed E-state index contributed by atoms with van der Waals surface area (Å²) in [6.45, 7) is 1.77. The summed E-state index contributed by atoms with van der Waals surface area (Å²) in [4.78, 5) is 16.9. The van der Waals surface area contributed by atoms with Gasteiger partial charge in [0.2, 0.25) is 5.70 Å². The van der Waals surface area contributed by atoms with Gasteiger partial charge in [-0.2, -0.15) is 10.8 Å². The van der Waals surface area contributed by atoms with E-state index in [9.17, 15) is 5.11 Å². The number of β-amino-alcohol motifs (C(OH)–C–C–N with tert-alkyl or cyclic N) is 1. The Morgan fingerprint density at radius 1 is 1.00 bits per heavy atom. The lowest BCUT2D eigenvalue weighted by Gasteiger charge is -2.41. The van der Waals surface area contributed by atoms with Crippen molar-refractivity contribution in [2.24, 2.45) is 21.7 Å². The minimum Gasteiger partial charge on any atom is -0.392 e. The molecule has 7 rings (SSSR count). The lowest BCUT2D eigenvalue weighted by atomic mass is 9.77. The molecule has 1 saturated carbocycles. The zero-order chi connectivity index (χ0) is 24.3. The number of quaternary nitrogens is 1. The van der Waals surface area contributed by atoms with E-state index in [2.05, 4.69) is 52.4 Å². The largest absolute Gasteiger partial charge is 0.392 e. The zero-order valence-corrected chi connectivity index (χ0v) is 20.0. The summed E-state index contributed by atoms with van der Waals surface area (Å²) in [5.41, 5.74) is 5.92. The number of amidine groups is 1.